The zero-order valence-corrected chi connectivity index (χ0v) is 12.2. The number of nitrogens with one attached hydrogen (secondary N) is 1. The van der Waals surface area contributed by atoms with Gasteiger partial charge in [-0.3, -0.25) is 9.69 Å². The van der Waals surface area contributed by atoms with E-state index in [0.29, 0.717) is 25.6 Å². The normalized spacial score (nSPS) is 25.8. The molecule has 0 aromatic heterocycles. The molecular formula is C16H26N2O2. The average molecular weight is 278 g/mol. The molecule has 0 atom stereocenters. The lowest BCUT2D eigenvalue weighted by atomic mass is 9.89. The minimum Gasteiger partial charge on any atom is -0.387 e. The van der Waals surface area contributed by atoms with E-state index in [9.17, 15) is 9.90 Å². The van der Waals surface area contributed by atoms with Crippen LogP contribution in [0.25, 0.3) is 0 Å². The van der Waals surface area contributed by atoms with Gasteiger partial charge in [-0.25, -0.2) is 0 Å². The van der Waals surface area contributed by atoms with Gasteiger partial charge in [0.2, 0.25) is 5.91 Å². The summed E-state index contributed by atoms with van der Waals surface area (Å²) in [6.45, 7) is 2.55. The van der Waals surface area contributed by atoms with Crippen LogP contribution in [0.2, 0.25) is 0 Å². The molecule has 0 radical (unpaired) electrons. The van der Waals surface area contributed by atoms with Crippen LogP contribution in [0.5, 0.6) is 0 Å². The highest BCUT2D eigenvalue weighted by Crippen LogP contribution is 2.44. The summed E-state index contributed by atoms with van der Waals surface area (Å²) in [7, 11) is 0. The van der Waals surface area contributed by atoms with Gasteiger partial charge in [0, 0.05) is 19.6 Å². The highest BCUT2D eigenvalue weighted by atomic mass is 16.3. The SMILES string of the molecule is O=C(CN1CC(O)(C2CC2)C1)NCCC1=CCCCC1. The third kappa shape index (κ3) is 3.41. The number of carbonyl (C=O) groups excluding carboxylic acids is 1. The van der Waals surface area contributed by atoms with Crippen LogP contribution in [0.15, 0.2) is 11.6 Å². The van der Waals surface area contributed by atoms with Gasteiger partial charge in [-0.05, 0) is 50.9 Å². The molecule has 4 heteroatoms. The van der Waals surface area contributed by atoms with Crippen molar-refractivity contribution >= 4 is 5.91 Å². The second-order valence-electron chi connectivity index (χ2n) is 6.73. The van der Waals surface area contributed by atoms with Crippen molar-refractivity contribution in [3.8, 4) is 0 Å². The smallest absolute Gasteiger partial charge is 0.234 e. The molecule has 1 heterocycles. The lowest BCUT2D eigenvalue weighted by Crippen LogP contribution is -2.64. The molecule has 20 heavy (non-hydrogen) atoms. The van der Waals surface area contributed by atoms with Gasteiger partial charge in [0.1, 0.15) is 0 Å². The first-order valence-electron chi connectivity index (χ1n) is 8.05. The summed E-state index contributed by atoms with van der Waals surface area (Å²) >= 11 is 0. The monoisotopic (exact) mass is 278 g/mol. The number of hydrogen-bond donors (Lipinski definition) is 2. The minimum atomic E-state index is -0.479. The molecule has 1 aliphatic heterocycles. The molecular weight excluding hydrogens is 252 g/mol. The van der Waals surface area contributed by atoms with Gasteiger partial charge in [-0.2, -0.15) is 0 Å². The molecule has 1 saturated heterocycles. The Morgan fingerprint density at radius 2 is 2.20 bits per heavy atom. The van der Waals surface area contributed by atoms with Gasteiger partial charge in [0.15, 0.2) is 0 Å². The number of amides is 1. The molecule has 0 spiro atoms. The van der Waals surface area contributed by atoms with Crippen LogP contribution in [-0.4, -0.2) is 47.7 Å². The lowest BCUT2D eigenvalue weighted by Gasteiger charge is -2.46. The van der Waals surface area contributed by atoms with Crippen LogP contribution in [-0.2, 0) is 4.79 Å². The van der Waals surface area contributed by atoms with Crippen LogP contribution in [0.4, 0.5) is 0 Å². The molecule has 0 aromatic carbocycles. The number of β-amino-alcohol motifs (C(OH)–C–C–N with tert-alkyl or cyclic N) is 1. The second-order valence-corrected chi connectivity index (χ2v) is 6.73. The molecule has 1 amide bonds. The molecule has 0 bridgehead atoms. The predicted octanol–water partition coefficient (Wildman–Crippen LogP) is 1.45. The maximum Gasteiger partial charge on any atom is 0.234 e. The highest BCUT2D eigenvalue weighted by molar-refractivity contribution is 5.78. The largest absolute Gasteiger partial charge is 0.387 e. The summed E-state index contributed by atoms with van der Waals surface area (Å²) in [6.07, 6.45) is 10.7. The third-order valence-electron chi connectivity index (χ3n) is 4.85. The van der Waals surface area contributed by atoms with E-state index in [1.165, 1.54) is 31.3 Å². The fourth-order valence-corrected chi connectivity index (χ4v) is 3.47. The van der Waals surface area contributed by atoms with E-state index in [0.717, 1.165) is 25.8 Å². The summed E-state index contributed by atoms with van der Waals surface area (Å²) in [5, 5.41) is 13.2. The van der Waals surface area contributed by atoms with Crippen LogP contribution in [0.1, 0.15) is 44.9 Å². The van der Waals surface area contributed by atoms with Gasteiger partial charge in [0.05, 0.1) is 12.1 Å². The number of carbonyl (C=O) groups is 1. The Labute approximate surface area is 121 Å². The Balaban J connectivity index is 1.29. The van der Waals surface area contributed by atoms with Crippen molar-refractivity contribution in [1.29, 1.82) is 0 Å². The summed E-state index contributed by atoms with van der Waals surface area (Å²) in [5.41, 5.74) is 1.02. The van der Waals surface area contributed by atoms with Gasteiger partial charge in [-0.1, -0.05) is 11.6 Å². The van der Waals surface area contributed by atoms with Crippen molar-refractivity contribution in [2.24, 2.45) is 5.92 Å². The molecule has 2 fully saturated rings. The Morgan fingerprint density at radius 1 is 1.40 bits per heavy atom. The number of aliphatic hydroxyl groups is 1. The van der Waals surface area contributed by atoms with E-state index in [4.69, 9.17) is 0 Å². The van der Waals surface area contributed by atoms with Crippen molar-refractivity contribution in [3.05, 3.63) is 11.6 Å². The molecule has 2 aliphatic carbocycles. The van der Waals surface area contributed by atoms with Crippen molar-refractivity contribution < 1.29 is 9.90 Å². The minimum absolute atomic E-state index is 0.0965. The van der Waals surface area contributed by atoms with Crippen LogP contribution >= 0.6 is 0 Å². The van der Waals surface area contributed by atoms with Crippen molar-refractivity contribution in [1.82, 2.24) is 10.2 Å². The summed E-state index contributed by atoms with van der Waals surface area (Å²) in [6, 6.07) is 0. The number of nitrogens with zero attached hydrogens (tertiary/aromatic N) is 1. The highest BCUT2D eigenvalue weighted by Gasteiger charge is 2.51. The molecule has 112 valence electrons. The van der Waals surface area contributed by atoms with E-state index in [2.05, 4.69) is 11.4 Å². The first kappa shape index (κ1) is 14.1. The zero-order valence-electron chi connectivity index (χ0n) is 12.2. The molecule has 0 unspecified atom stereocenters. The Bertz CT molecular complexity index is 395. The molecule has 0 aromatic rings. The van der Waals surface area contributed by atoms with Crippen LogP contribution in [0.3, 0.4) is 0 Å². The quantitative estimate of drug-likeness (QED) is 0.723. The van der Waals surface area contributed by atoms with E-state index >= 15 is 0 Å². The Morgan fingerprint density at radius 3 is 2.85 bits per heavy atom. The Kier molecular flexibility index (Phi) is 4.13. The number of rotatable bonds is 6. The molecule has 3 aliphatic rings. The molecule has 2 N–H and O–H groups in total. The number of allylic oxidation sites excluding steroid dienone is 1. The standard InChI is InChI=1S/C16H26N2O2/c19-15(17-9-8-13-4-2-1-3-5-13)10-18-11-16(20,12-18)14-6-7-14/h4,14,20H,1-3,5-12H2,(H,17,19). The lowest BCUT2D eigenvalue weighted by molar-refractivity contribution is -0.136. The third-order valence-corrected chi connectivity index (χ3v) is 4.85. The van der Waals surface area contributed by atoms with E-state index in [1.54, 1.807) is 0 Å². The van der Waals surface area contributed by atoms with E-state index in [1.807, 2.05) is 4.90 Å². The second kappa shape index (κ2) is 5.86. The van der Waals surface area contributed by atoms with Crippen LogP contribution < -0.4 is 5.32 Å². The van der Waals surface area contributed by atoms with Gasteiger partial charge in [-0.15, -0.1) is 0 Å². The fraction of sp³-hybridized carbons (Fsp3) is 0.812. The first-order valence-corrected chi connectivity index (χ1v) is 8.05. The fourth-order valence-electron chi connectivity index (χ4n) is 3.47. The molecule has 3 rings (SSSR count). The van der Waals surface area contributed by atoms with Gasteiger partial charge >= 0.3 is 0 Å². The maximum absolute atomic E-state index is 11.8. The van der Waals surface area contributed by atoms with Crippen molar-refractivity contribution in [2.75, 3.05) is 26.2 Å². The van der Waals surface area contributed by atoms with Gasteiger partial charge < -0.3 is 10.4 Å². The maximum atomic E-state index is 11.8. The van der Waals surface area contributed by atoms with E-state index < -0.39 is 5.60 Å². The summed E-state index contributed by atoms with van der Waals surface area (Å²) < 4.78 is 0. The van der Waals surface area contributed by atoms with Gasteiger partial charge in [0.25, 0.3) is 0 Å². The van der Waals surface area contributed by atoms with E-state index in [-0.39, 0.29) is 5.91 Å². The number of hydrogen-bond acceptors (Lipinski definition) is 3. The first-order chi connectivity index (χ1) is 9.66. The number of likely N-dealkylation sites (tertiary alicyclic amines) is 1. The molecule has 4 nitrogen and oxygen atoms in total. The Hall–Kier alpha value is -0.870. The topological polar surface area (TPSA) is 52.6 Å². The zero-order chi connectivity index (χ0) is 14.0. The van der Waals surface area contributed by atoms with Crippen LogP contribution in [0, 0.1) is 5.92 Å². The summed E-state index contributed by atoms with van der Waals surface area (Å²) in [5.74, 6) is 0.597. The van der Waals surface area contributed by atoms with Crippen molar-refractivity contribution in [2.45, 2.75) is 50.5 Å². The summed E-state index contributed by atoms with van der Waals surface area (Å²) in [4.78, 5) is 13.9. The van der Waals surface area contributed by atoms with Crippen molar-refractivity contribution in [3.63, 3.8) is 0 Å². The molecule has 1 saturated carbocycles. The predicted molar refractivity (Wildman–Crippen MR) is 78.3 cm³/mol. The average Bonchev–Trinajstić information content (AvgIpc) is 3.22.